The highest BCUT2D eigenvalue weighted by Gasteiger charge is 2.45. The zero-order chi connectivity index (χ0) is 30.1. The van der Waals surface area contributed by atoms with Gasteiger partial charge in [0.1, 0.15) is 18.5 Å². The quantitative estimate of drug-likeness (QED) is 0.191. The molecule has 5 aromatic rings. The van der Waals surface area contributed by atoms with Crippen molar-refractivity contribution in [3.8, 4) is 5.75 Å². The maximum atomic E-state index is 6.60. The van der Waals surface area contributed by atoms with Crippen molar-refractivity contribution in [3.63, 3.8) is 0 Å². The number of ether oxygens (including phenoxy) is 3. The highest BCUT2D eigenvalue weighted by Crippen LogP contribution is 2.40. The van der Waals surface area contributed by atoms with Crippen LogP contribution < -0.4 is 14.5 Å². The Hall–Kier alpha value is -3.76. The first-order chi connectivity index (χ1) is 21.5. The fraction of sp³-hybridized carbons (Fsp3) is 0.333. The maximum Gasteiger partial charge on any atom is 0.215 e. The first-order valence-electron chi connectivity index (χ1n) is 14.9. The number of rotatable bonds is 9. The Bertz CT molecular complexity index is 1720. The summed E-state index contributed by atoms with van der Waals surface area (Å²) in [6.07, 6.45) is 5.03. The van der Waals surface area contributed by atoms with Crippen LogP contribution in [0, 0.1) is 0 Å². The number of piperazine rings is 1. The SMILES string of the molecule is CCn1c(N2CCN(c3ccc(OC[C@@H]4CO[C@@](Cn5ccnc5)(c5ccc(Cl)cc5Cl)O4)cc3)CC2)nc2ccccc21. The van der Waals surface area contributed by atoms with E-state index in [-0.39, 0.29) is 6.10 Å². The molecular weight excluding hydrogens is 599 g/mol. The summed E-state index contributed by atoms with van der Waals surface area (Å²) in [5.41, 5.74) is 4.14. The molecule has 0 aliphatic carbocycles. The molecule has 9 nitrogen and oxygen atoms in total. The number of hydrogen-bond donors (Lipinski definition) is 0. The highest BCUT2D eigenvalue weighted by atomic mass is 35.5. The number of anilines is 2. The van der Waals surface area contributed by atoms with E-state index in [2.05, 4.69) is 56.6 Å². The van der Waals surface area contributed by atoms with E-state index in [0.29, 0.717) is 29.8 Å². The molecule has 7 rings (SSSR count). The highest BCUT2D eigenvalue weighted by molar-refractivity contribution is 6.35. The van der Waals surface area contributed by atoms with Gasteiger partial charge in [-0.15, -0.1) is 0 Å². The van der Waals surface area contributed by atoms with Gasteiger partial charge in [-0.3, -0.25) is 0 Å². The molecule has 0 bridgehead atoms. The van der Waals surface area contributed by atoms with Crippen LogP contribution in [-0.4, -0.2) is 64.6 Å². The van der Waals surface area contributed by atoms with Gasteiger partial charge >= 0.3 is 0 Å². The average Bonchev–Trinajstić information content (AvgIpc) is 3.80. The normalized spacial score (nSPS) is 20.5. The summed E-state index contributed by atoms with van der Waals surface area (Å²) in [5, 5.41) is 1.04. The van der Waals surface area contributed by atoms with Crippen molar-refractivity contribution < 1.29 is 14.2 Å². The Labute approximate surface area is 266 Å². The zero-order valence-electron chi connectivity index (χ0n) is 24.5. The van der Waals surface area contributed by atoms with Crippen LogP contribution in [0.1, 0.15) is 12.5 Å². The van der Waals surface area contributed by atoms with E-state index in [4.69, 9.17) is 42.4 Å². The van der Waals surface area contributed by atoms with Crippen LogP contribution in [0.3, 0.4) is 0 Å². The van der Waals surface area contributed by atoms with Crippen LogP contribution in [0.15, 0.2) is 85.5 Å². The third-order valence-electron chi connectivity index (χ3n) is 8.30. The second-order valence-electron chi connectivity index (χ2n) is 11.1. The van der Waals surface area contributed by atoms with Crippen molar-refractivity contribution in [2.24, 2.45) is 0 Å². The molecule has 0 unspecified atom stereocenters. The lowest BCUT2D eigenvalue weighted by Crippen LogP contribution is -2.47. The summed E-state index contributed by atoms with van der Waals surface area (Å²) in [6, 6.07) is 22.0. The maximum absolute atomic E-state index is 6.60. The summed E-state index contributed by atoms with van der Waals surface area (Å²) in [4.78, 5) is 13.9. The van der Waals surface area contributed by atoms with E-state index in [1.165, 1.54) is 11.2 Å². The summed E-state index contributed by atoms with van der Waals surface area (Å²) in [6.45, 7) is 7.85. The van der Waals surface area contributed by atoms with Crippen LogP contribution in [0.4, 0.5) is 11.6 Å². The van der Waals surface area contributed by atoms with E-state index in [0.717, 1.165) is 55.5 Å². The van der Waals surface area contributed by atoms with E-state index in [9.17, 15) is 0 Å². The summed E-state index contributed by atoms with van der Waals surface area (Å²) in [5.74, 6) is 0.760. The van der Waals surface area contributed by atoms with Gasteiger partial charge in [0.15, 0.2) is 0 Å². The third kappa shape index (κ3) is 5.73. The molecule has 44 heavy (non-hydrogen) atoms. The number of aromatic nitrogens is 4. The lowest BCUT2D eigenvalue weighted by Gasteiger charge is -2.36. The van der Waals surface area contributed by atoms with E-state index in [1.54, 1.807) is 24.7 Å². The van der Waals surface area contributed by atoms with Crippen molar-refractivity contribution in [3.05, 3.63) is 101 Å². The van der Waals surface area contributed by atoms with Gasteiger partial charge in [0.2, 0.25) is 11.7 Å². The van der Waals surface area contributed by atoms with Gasteiger partial charge in [0, 0.05) is 61.4 Å². The Morgan fingerprint density at radius 1 is 0.977 bits per heavy atom. The van der Waals surface area contributed by atoms with E-state index < -0.39 is 5.79 Å². The molecule has 2 fully saturated rings. The monoisotopic (exact) mass is 632 g/mol. The molecule has 0 radical (unpaired) electrons. The van der Waals surface area contributed by atoms with Crippen LogP contribution in [0.25, 0.3) is 11.0 Å². The number of hydrogen-bond acceptors (Lipinski definition) is 7. The molecule has 4 heterocycles. The smallest absolute Gasteiger partial charge is 0.215 e. The molecule has 0 saturated carbocycles. The van der Waals surface area contributed by atoms with Crippen molar-refractivity contribution in [1.82, 2.24) is 19.1 Å². The van der Waals surface area contributed by atoms with Crippen LogP contribution in [0.2, 0.25) is 10.0 Å². The number of nitrogens with zero attached hydrogens (tertiary/aromatic N) is 6. The second-order valence-corrected chi connectivity index (χ2v) is 11.9. The number of fused-ring (bicyclic) bond motifs is 1. The number of benzene rings is 3. The lowest BCUT2D eigenvalue weighted by atomic mass is 10.1. The first kappa shape index (κ1) is 29.0. The van der Waals surface area contributed by atoms with Gasteiger partial charge in [-0.25, -0.2) is 9.97 Å². The number of halogens is 2. The van der Waals surface area contributed by atoms with Gasteiger partial charge in [0.05, 0.1) is 35.5 Å². The van der Waals surface area contributed by atoms with Crippen LogP contribution in [-0.2, 0) is 28.4 Å². The molecule has 0 N–H and O–H groups in total. The largest absolute Gasteiger partial charge is 0.491 e. The molecular formula is C33H34Cl2N6O3. The van der Waals surface area contributed by atoms with Gasteiger partial charge < -0.3 is 33.1 Å². The van der Waals surface area contributed by atoms with Crippen molar-refractivity contribution >= 4 is 45.9 Å². The average molecular weight is 634 g/mol. The Morgan fingerprint density at radius 2 is 1.77 bits per heavy atom. The van der Waals surface area contributed by atoms with Gasteiger partial charge in [-0.05, 0) is 55.5 Å². The summed E-state index contributed by atoms with van der Waals surface area (Å²) in [7, 11) is 0. The van der Waals surface area contributed by atoms with Gasteiger partial charge in [-0.1, -0.05) is 41.4 Å². The molecule has 2 aliphatic rings. The van der Waals surface area contributed by atoms with Crippen molar-refractivity contribution in [2.45, 2.75) is 31.9 Å². The molecule has 2 saturated heterocycles. The standard InChI is InChI=1S/C33H34Cl2N6O3/c1-2-41-31-6-4-3-5-30(31)37-32(41)40-17-15-39(16-18-40)25-8-10-26(11-9-25)42-20-27-21-43-33(44-27,22-38-14-13-36-23-38)28-12-7-24(34)19-29(28)35/h3-14,19,23,27H,2,15-18,20-22H2,1H3/t27-,33-/m1/s1. The Balaban J connectivity index is 0.966. The van der Waals surface area contributed by atoms with Crippen molar-refractivity contribution in [1.29, 1.82) is 0 Å². The Kier molecular flexibility index (Phi) is 8.12. The molecule has 0 spiro atoms. The first-order valence-corrected chi connectivity index (χ1v) is 15.7. The van der Waals surface area contributed by atoms with Gasteiger partial charge in [0.25, 0.3) is 0 Å². The van der Waals surface area contributed by atoms with Crippen LogP contribution >= 0.6 is 23.2 Å². The predicted octanol–water partition coefficient (Wildman–Crippen LogP) is 6.23. The topological polar surface area (TPSA) is 69.8 Å². The fourth-order valence-corrected chi connectivity index (χ4v) is 6.65. The minimum Gasteiger partial charge on any atom is -0.491 e. The van der Waals surface area contributed by atoms with Crippen LogP contribution in [0.5, 0.6) is 5.75 Å². The molecule has 2 aromatic heterocycles. The molecule has 3 aromatic carbocycles. The minimum atomic E-state index is -1.08. The van der Waals surface area contributed by atoms with Gasteiger partial charge in [-0.2, -0.15) is 0 Å². The zero-order valence-corrected chi connectivity index (χ0v) is 26.0. The molecule has 2 atom stereocenters. The summed E-state index contributed by atoms with van der Waals surface area (Å²) >= 11 is 12.8. The molecule has 11 heteroatoms. The number of aryl methyl sites for hydroxylation is 1. The van der Waals surface area contributed by atoms with Crippen molar-refractivity contribution in [2.75, 3.05) is 49.2 Å². The fourth-order valence-electron chi connectivity index (χ4n) is 6.10. The van der Waals surface area contributed by atoms with E-state index in [1.807, 2.05) is 35.0 Å². The lowest BCUT2D eigenvalue weighted by molar-refractivity contribution is -0.189. The number of imidazole rings is 2. The third-order valence-corrected chi connectivity index (χ3v) is 8.85. The molecule has 0 amide bonds. The molecule has 228 valence electrons. The predicted molar refractivity (Wildman–Crippen MR) is 173 cm³/mol. The summed E-state index contributed by atoms with van der Waals surface area (Å²) < 4.78 is 23.2. The minimum absolute atomic E-state index is 0.287. The Morgan fingerprint density at radius 3 is 2.52 bits per heavy atom. The van der Waals surface area contributed by atoms with E-state index >= 15 is 0 Å². The second kappa shape index (κ2) is 12.3. The molecule has 2 aliphatic heterocycles. The number of para-hydroxylation sites is 2.